The molecule has 0 saturated carbocycles. The summed E-state index contributed by atoms with van der Waals surface area (Å²) in [6, 6.07) is 4.23. The van der Waals surface area contributed by atoms with E-state index in [9.17, 15) is 0 Å². The minimum Gasteiger partial charge on any atom is -0.378 e. The number of hydrogen-bond donors (Lipinski definition) is 0. The lowest BCUT2D eigenvalue weighted by Gasteiger charge is -2.27. The molecule has 1 aromatic heterocycles. The first kappa shape index (κ1) is 8.70. The molecule has 13 heavy (non-hydrogen) atoms. The van der Waals surface area contributed by atoms with Crippen molar-refractivity contribution in [3.05, 3.63) is 30.1 Å². The maximum atomic E-state index is 5.51. The standard InChI is InChI=1S/C11H15NO/c1-9-8-11(4-7-13-9)10-2-5-12-6-3-10/h2-3,5-6,9,11H,4,7-8H2,1H3/t9-,11-/m1/s1. The van der Waals surface area contributed by atoms with Crippen molar-refractivity contribution in [3.63, 3.8) is 0 Å². The highest BCUT2D eigenvalue weighted by Gasteiger charge is 2.20. The quantitative estimate of drug-likeness (QED) is 0.657. The summed E-state index contributed by atoms with van der Waals surface area (Å²) in [4.78, 5) is 4.03. The molecular formula is C11H15NO. The van der Waals surface area contributed by atoms with E-state index < -0.39 is 0 Å². The topological polar surface area (TPSA) is 22.1 Å². The van der Waals surface area contributed by atoms with Crippen molar-refractivity contribution in [3.8, 4) is 0 Å². The molecule has 1 fully saturated rings. The summed E-state index contributed by atoms with van der Waals surface area (Å²) in [5.41, 5.74) is 1.41. The number of hydrogen-bond acceptors (Lipinski definition) is 2. The summed E-state index contributed by atoms with van der Waals surface area (Å²) in [5.74, 6) is 0.673. The first-order valence-corrected chi connectivity index (χ1v) is 4.88. The van der Waals surface area contributed by atoms with Crippen LogP contribution in [0.4, 0.5) is 0 Å². The van der Waals surface area contributed by atoms with Crippen molar-refractivity contribution < 1.29 is 4.74 Å². The lowest BCUT2D eigenvalue weighted by Crippen LogP contribution is -2.21. The van der Waals surface area contributed by atoms with Crippen LogP contribution >= 0.6 is 0 Å². The number of nitrogens with zero attached hydrogens (tertiary/aromatic N) is 1. The molecule has 1 aliphatic rings. The number of pyridine rings is 1. The Morgan fingerprint density at radius 3 is 2.85 bits per heavy atom. The number of ether oxygens (including phenoxy) is 1. The van der Waals surface area contributed by atoms with Gasteiger partial charge in [0.2, 0.25) is 0 Å². The molecule has 0 radical (unpaired) electrons. The molecule has 1 saturated heterocycles. The number of rotatable bonds is 1. The Morgan fingerprint density at radius 1 is 1.38 bits per heavy atom. The molecule has 1 aliphatic heterocycles. The van der Waals surface area contributed by atoms with E-state index >= 15 is 0 Å². The molecule has 2 heterocycles. The summed E-state index contributed by atoms with van der Waals surface area (Å²) in [7, 11) is 0. The minimum absolute atomic E-state index is 0.409. The second-order valence-electron chi connectivity index (χ2n) is 3.68. The first-order chi connectivity index (χ1) is 6.36. The van der Waals surface area contributed by atoms with Crippen molar-refractivity contribution in [1.29, 1.82) is 0 Å². The van der Waals surface area contributed by atoms with E-state index in [-0.39, 0.29) is 0 Å². The summed E-state index contributed by atoms with van der Waals surface area (Å²) >= 11 is 0. The smallest absolute Gasteiger partial charge is 0.0552 e. The molecule has 0 bridgehead atoms. The van der Waals surface area contributed by atoms with E-state index in [1.807, 2.05) is 12.4 Å². The third kappa shape index (κ3) is 2.07. The molecule has 2 nitrogen and oxygen atoms in total. The van der Waals surface area contributed by atoms with E-state index in [2.05, 4.69) is 24.0 Å². The number of aromatic nitrogens is 1. The molecule has 70 valence electrons. The molecule has 2 rings (SSSR count). The van der Waals surface area contributed by atoms with Crippen LogP contribution in [0.15, 0.2) is 24.5 Å². The van der Waals surface area contributed by atoms with E-state index in [1.165, 1.54) is 5.56 Å². The van der Waals surface area contributed by atoms with E-state index in [4.69, 9.17) is 4.74 Å². The second kappa shape index (κ2) is 3.88. The lowest BCUT2D eigenvalue weighted by atomic mass is 9.90. The predicted molar refractivity (Wildman–Crippen MR) is 51.6 cm³/mol. The van der Waals surface area contributed by atoms with Crippen LogP contribution in [0.1, 0.15) is 31.2 Å². The fourth-order valence-electron chi connectivity index (χ4n) is 1.94. The zero-order chi connectivity index (χ0) is 9.10. The van der Waals surface area contributed by atoms with Crippen LogP contribution in [-0.2, 0) is 4.74 Å². The van der Waals surface area contributed by atoms with Gasteiger partial charge in [0.1, 0.15) is 0 Å². The van der Waals surface area contributed by atoms with Gasteiger partial charge in [-0.05, 0) is 43.4 Å². The molecule has 0 N–H and O–H groups in total. The molecule has 1 aromatic rings. The third-order valence-electron chi connectivity index (χ3n) is 2.66. The van der Waals surface area contributed by atoms with Crippen molar-refractivity contribution in [2.24, 2.45) is 0 Å². The third-order valence-corrected chi connectivity index (χ3v) is 2.66. The van der Waals surface area contributed by atoms with Gasteiger partial charge in [-0.1, -0.05) is 0 Å². The Balaban J connectivity index is 2.08. The fraction of sp³-hybridized carbons (Fsp3) is 0.545. The van der Waals surface area contributed by atoms with Gasteiger partial charge in [-0.2, -0.15) is 0 Å². The normalized spacial score (nSPS) is 28.7. The van der Waals surface area contributed by atoms with Gasteiger partial charge >= 0.3 is 0 Å². The minimum atomic E-state index is 0.409. The van der Waals surface area contributed by atoms with Crippen molar-refractivity contribution in [2.45, 2.75) is 31.8 Å². The van der Waals surface area contributed by atoms with Crippen molar-refractivity contribution >= 4 is 0 Å². The highest BCUT2D eigenvalue weighted by atomic mass is 16.5. The van der Waals surface area contributed by atoms with Crippen LogP contribution in [-0.4, -0.2) is 17.7 Å². The fourth-order valence-corrected chi connectivity index (χ4v) is 1.94. The summed E-state index contributed by atoms with van der Waals surface area (Å²) in [6.07, 6.45) is 6.44. The Hall–Kier alpha value is -0.890. The molecule has 2 heteroatoms. The maximum Gasteiger partial charge on any atom is 0.0552 e. The van der Waals surface area contributed by atoms with Crippen molar-refractivity contribution in [2.75, 3.05) is 6.61 Å². The van der Waals surface area contributed by atoms with Crippen molar-refractivity contribution in [1.82, 2.24) is 4.98 Å². The second-order valence-corrected chi connectivity index (χ2v) is 3.68. The Labute approximate surface area is 78.9 Å². The van der Waals surface area contributed by atoms with Gasteiger partial charge in [0.25, 0.3) is 0 Å². The maximum absolute atomic E-state index is 5.51. The molecule has 0 unspecified atom stereocenters. The first-order valence-electron chi connectivity index (χ1n) is 4.88. The molecule has 2 atom stereocenters. The molecular weight excluding hydrogens is 162 g/mol. The average molecular weight is 177 g/mol. The molecule has 0 spiro atoms. The zero-order valence-corrected chi connectivity index (χ0v) is 7.94. The van der Waals surface area contributed by atoms with Gasteiger partial charge in [-0.25, -0.2) is 0 Å². The van der Waals surface area contributed by atoms with Gasteiger partial charge in [0.05, 0.1) is 6.10 Å². The van der Waals surface area contributed by atoms with Crippen LogP contribution in [0.25, 0.3) is 0 Å². The van der Waals surface area contributed by atoms with Gasteiger partial charge in [0.15, 0.2) is 0 Å². The van der Waals surface area contributed by atoms with Gasteiger partial charge in [-0.15, -0.1) is 0 Å². The van der Waals surface area contributed by atoms with Gasteiger partial charge in [0, 0.05) is 19.0 Å². The molecule has 0 aromatic carbocycles. The van der Waals surface area contributed by atoms with Crippen LogP contribution < -0.4 is 0 Å². The summed E-state index contributed by atoms with van der Waals surface area (Å²) < 4.78 is 5.51. The Kier molecular flexibility index (Phi) is 2.60. The average Bonchev–Trinajstić information content (AvgIpc) is 2.19. The SMILES string of the molecule is C[C@@H]1C[C@H](c2ccncc2)CCO1. The predicted octanol–water partition coefficient (Wildman–Crippen LogP) is 2.36. The largest absolute Gasteiger partial charge is 0.378 e. The van der Waals surface area contributed by atoms with Crippen LogP contribution in [0, 0.1) is 0 Å². The van der Waals surface area contributed by atoms with E-state index in [1.54, 1.807) is 0 Å². The molecule has 0 amide bonds. The highest BCUT2D eigenvalue weighted by Crippen LogP contribution is 2.29. The van der Waals surface area contributed by atoms with Crippen LogP contribution in [0.3, 0.4) is 0 Å². The van der Waals surface area contributed by atoms with E-state index in [0.29, 0.717) is 12.0 Å². The zero-order valence-electron chi connectivity index (χ0n) is 7.94. The monoisotopic (exact) mass is 177 g/mol. The Morgan fingerprint density at radius 2 is 2.15 bits per heavy atom. The summed E-state index contributed by atoms with van der Waals surface area (Å²) in [5, 5.41) is 0. The highest BCUT2D eigenvalue weighted by molar-refractivity contribution is 5.16. The van der Waals surface area contributed by atoms with Gasteiger partial charge < -0.3 is 4.74 Å². The van der Waals surface area contributed by atoms with Gasteiger partial charge in [-0.3, -0.25) is 4.98 Å². The molecule has 0 aliphatic carbocycles. The van der Waals surface area contributed by atoms with Crippen LogP contribution in [0.2, 0.25) is 0 Å². The van der Waals surface area contributed by atoms with E-state index in [0.717, 1.165) is 19.4 Å². The Bertz CT molecular complexity index is 260. The summed E-state index contributed by atoms with van der Waals surface area (Å²) in [6.45, 7) is 3.04. The van der Waals surface area contributed by atoms with Crippen LogP contribution in [0.5, 0.6) is 0 Å². The lowest BCUT2D eigenvalue weighted by molar-refractivity contribution is 0.0186.